The second-order valence-corrected chi connectivity index (χ2v) is 7.66. The van der Waals surface area contributed by atoms with Crippen LogP contribution in [-0.4, -0.2) is 22.4 Å². The summed E-state index contributed by atoms with van der Waals surface area (Å²) in [6.45, 7) is 0. The van der Waals surface area contributed by atoms with E-state index in [-0.39, 0.29) is 5.56 Å². The van der Waals surface area contributed by atoms with Crippen molar-refractivity contribution in [2.45, 2.75) is 0 Å². The Bertz CT molecular complexity index is 1250. The first-order valence-corrected chi connectivity index (χ1v) is 9.94. The van der Waals surface area contributed by atoms with Crippen LogP contribution < -0.4 is 15.6 Å². The van der Waals surface area contributed by atoms with E-state index in [1.165, 1.54) is 21.9 Å². The van der Waals surface area contributed by atoms with E-state index >= 15 is 0 Å². The molecule has 0 aliphatic heterocycles. The van der Waals surface area contributed by atoms with E-state index in [0.717, 1.165) is 10.0 Å². The SMILES string of the molecule is COc1cccc(-c2csc3ncc(C(=O)Nc4cccc(Br)c4)c(=O)n23)c1. The molecule has 0 saturated carbocycles. The van der Waals surface area contributed by atoms with Crippen molar-refractivity contribution in [3.63, 3.8) is 0 Å². The fraction of sp³-hybridized carbons (Fsp3) is 0.0500. The zero-order valence-electron chi connectivity index (χ0n) is 14.7. The maximum absolute atomic E-state index is 13.1. The molecule has 0 unspecified atom stereocenters. The van der Waals surface area contributed by atoms with Crippen LogP contribution in [0.1, 0.15) is 10.4 Å². The standard InChI is InChI=1S/C20H14BrN3O3S/c1-27-15-7-2-4-12(8-15)17-11-28-20-22-10-16(19(26)24(17)20)18(25)23-14-6-3-5-13(21)9-14/h2-11H,1H3,(H,23,25). The molecule has 6 nitrogen and oxygen atoms in total. The highest BCUT2D eigenvalue weighted by atomic mass is 79.9. The molecular formula is C20H14BrN3O3S. The highest BCUT2D eigenvalue weighted by Gasteiger charge is 2.17. The minimum atomic E-state index is -0.507. The number of thiazole rings is 1. The smallest absolute Gasteiger partial charge is 0.271 e. The van der Waals surface area contributed by atoms with Gasteiger partial charge in [-0.2, -0.15) is 0 Å². The van der Waals surface area contributed by atoms with Crippen LogP contribution in [0.15, 0.2) is 69.4 Å². The Morgan fingerprint density at radius 1 is 1.21 bits per heavy atom. The van der Waals surface area contributed by atoms with Gasteiger partial charge in [-0.05, 0) is 30.3 Å². The molecule has 2 aromatic heterocycles. The molecule has 0 fully saturated rings. The Kier molecular flexibility index (Phi) is 4.97. The van der Waals surface area contributed by atoms with E-state index in [1.807, 2.05) is 35.7 Å². The number of nitrogens with zero attached hydrogens (tertiary/aromatic N) is 2. The largest absolute Gasteiger partial charge is 0.497 e. The predicted octanol–water partition coefficient (Wildman–Crippen LogP) is 4.45. The van der Waals surface area contributed by atoms with Crippen LogP contribution in [0, 0.1) is 0 Å². The molecule has 0 aliphatic rings. The number of nitrogens with one attached hydrogen (secondary N) is 1. The van der Waals surface area contributed by atoms with Crippen molar-refractivity contribution >= 4 is 43.8 Å². The summed E-state index contributed by atoms with van der Waals surface area (Å²) in [5.41, 5.74) is 1.60. The van der Waals surface area contributed by atoms with Gasteiger partial charge in [-0.15, -0.1) is 11.3 Å². The number of hydrogen-bond acceptors (Lipinski definition) is 5. The highest BCUT2D eigenvalue weighted by Crippen LogP contribution is 2.27. The second kappa shape index (κ2) is 7.57. The fourth-order valence-electron chi connectivity index (χ4n) is 2.80. The van der Waals surface area contributed by atoms with Crippen molar-refractivity contribution in [2.24, 2.45) is 0 Å². The molecule has 1 N–H and O–H groups in total. The summed E-state index contributed by atoms with van der Waals surface area (Å²) < 4.78 is 7.55. The molecule has 4 aromatic rings. The van der Waals surface area contributed by atoms with Crippen LogP contribution in [0.2, 0.25) is 0 Å². The van der Waals surface area contributed by atoms with Gasteiger partial charge in [0.2, 0.25) is 0 Å². The Balaban J connectivity index is 1.78. The van der Waals surface area contributed by atoms with Crippen LogP contribution in [0.4, 0.5) is 5.69 Å². The predicted molar refractivity (Wildman–Crippen MR) is 113 cm³/mol. The van der Waals surface area contributed by atoms with E-state index in [0.29, 0.717) is 22.1 Å². The number of amides is 1. The number of halogens is 1. The Labute approximate surface area is 172 Å². The summed E-state index contributed by atoms with van der Waals surface area (Å²) in [4.78, 5) is 30.5. The van der Waals surface area contributed by atoms with Gasteiger partial charge in [-0.3, -0.25) is 14.0 Å². The van der Waals surface area contributed by atoms with Crippen LogP contribution in [0.5, 0.6) is 5.75 Å². The quantitative estimate of drug-likeness (QED) is 0.493. The molecular weight excluding hydrogens is 442 g/mol. The number of carbonyl (C=O) groups is 1. The molecule has 2 aromatic carbocycles. The molecule has 0 radical (unpaired) electrons. The van der Waals surface area contributed by atoms with Crippen LogP contribution >= 0.6 is 27.3 Å². The molecule has 1 amide bonds. The molecule has 0 saturated heterocycles. The molecule has 0 spiro atoms. The first kappa shape index (κ1) is 18.4. The average molecular weight is 456 g/mol. The maximum atomic E-state index is 13.1. The number of methoxy groups -OCH3 is 1. The third-order valence-electron chi connectivity index (χ3n) is 4.14. The summed E-state index contributed by atoms with van der Waals surface area (Å²) in [6.07, 6.45) is 1.32. The lowest BCUT2D eigenvalue weighted by Gasteiger charge is -2.07. The van der Waals surface area contributed by atoms with Gasteiger partial charge in [-0.1, -0.05) is 34.1 Å². The molecule has 0 atom stereocenters. The average Bonchev–Trinajstić information content (AvgIpc) is 3.13. The molecule has 28 heavy (non-hydrogen) atoms. The zero-order chi connectivity index (χ0) is 19.7. The van der Waals surface area contributed by atoms with Crippen molar-refractivity contribution in [3.8, 4) is 17.0 Å². The molecule has 140 valence electrons. The molecule has 2 heterocycles. The number of carbonyl (C=O) groups excluding carboxylic acids is 1. The highest BCUT2D eigenvalue weighted by molar-refractivity contribution is 9.10. The molecule has 0 bridgehead atoms. The van der Waals surface area contributed by atoms with Gasteiger partial charge in [-0.25, -0.2) is 4.98 Å². The number of rotatable bonds is 4. The van der Waals surface area contributed by atoms with Gasteiger partial charge >= 0.3 is 0 Å². The Hall–Kier alpha value is -2.97. The van der Waals surface area contributed by atoms with Crippen molar-refractivity contribution in [1.29, 1.82) is 0 Å². The van der Waals surface area contributed by atoms with E-state index < -0.39 is 11.5 Å². The van der Waals surface area contributed by atoms with Crippen LogP contribution in [0.3, 0.4) is 0 Å². The molecule has 4 rings (SSSR count). The number of fused-ring (bicyclic) bond motifs is 1. The van der Waals surface area contributed by atoms with Crippen LogP contribution in [-0.2, 0) is 0 Å². The van der Waals surface area contributed by atoms with Gasteiger partial charge in [0.1, 0.15) is 11.3 Å². The number of anilines is 1. The van der Waals surface area contributed by atoms with Gasteiger partial charge < -0.3 is 10.1 Å². The van der Waals surface area contributed by atoms with Gasteiger partial charge in [0.05, 0.1) is 12.8 Å². The number of ether oxygens (including phenoxy) is 1. The summed E-state index contributed by atoms with van der Waals surface area (Å²) in [5.74, 6) is 0.175. The van der Waals surface area contributed by atoms with Crippen molar-refractivity contribution in [1.82, 2.24) is 9.38 Å². The zero-order valence-corrected chi connectivity index (χ0v) is 17.1. The minimum Gasteiger partial charge on any atom is -0.497 e. The molecule has 0 aliphatic carbocycles. The van der Waals surface area contributed by atoms with E-state index in [1.54, 1.807) is 25.3 Å². The van der Waals surface area contributed by atoms with Crippen molar-refractivity contribution < 1.29 is 9.53 Å². The van der Waals surface area contributed by atoms with Crippen LogP contribution in [0.25, 0.3) is 16.2 Å². The Morgan fingerprint density at radius 2 is 2.04 bits per heavy atom. The van der Waals surface area contributed by atoms with E-state index in [2.05, 4.69) is 26.2 Å². The maximum Gasteiger partial charge on any atom is 0.271 e. The second-order valence-electron chi connectivity index (χ2n) is 5.91. The number of aromatic nitrogens is 2. The topological polar surface area (TPSA) is 72.7 Å². The third kappa shape index (κ3) is 3.44. The first-order valence-electron chi connectivity index (χ1n) is 8.27. The van der Waals surface area contributed by atoms with E-state index in [4.69, 9.17) is 4.74 Å². The lowest BCUT2D eigenvalue weighted by molar-refractivity contribution is 0.102. The van der Waals surface area contributed by atoms with Gasteiger partial charge in [0, 0.05) is 27.3 Å². The normalized spacial score (nSPS) is 10.8. The van der Waals surface area contributed by atoms with Crippen molar-refractivity contribution in [3.05, 3.63) is 80.5 Å². The van der Waals surface area contributed by atoms with Crippen molar-refractivity contribution in [2.75, 3.05) is 12.4 Å². The summed E-state index contributed by atoms with van der Waals surface area (Å²) in [7, 11) is 1.59. The first-order chi connectivity index (χ1) is 13.6. The van der Waals surface area contributed by atoms with E-state index in [9.17, 15) is 9.59 Å². The molecule has 8 heteroatoms. The monoisotopic (exact) mass is 455 g/mol. The minimum absolute atomic E-state index is 0.0278. The summed E-state index contributed by atoms with van der Waals surface area (Å²) >= 11 is 4.69. The third-order valence-corrected chi connectivity index (χ3v) is 5.47. The number of benzene rings is 2. The lowest BCUT2D eigenvalue weighted by Crippen LogP contribution is -2.26. The summed E-state index contributed by atoms with van der Waals surface area (Å²) in [6, 6.07) is 14.5. The summed E-state index contributed by atoms with van der Waals surface area (Å²) in [5, 5.41) is 4.58. The fourth-order valence-corrected chi connectivity index (χ4v) is 4.05. The van der Waals surface area contributed by atoms with Gasteiger partial charge in [0.25, 0.3) is 11.5 Å². The number of hydrogen-bond donors (Lipinski definition) is 1. The van der Waals surface area contributed by atoms with Gasteiger partial charge in [0.15, 0.2) is 4.96 Å². The Morgan fingerprint density at radius 3 is 2.82 bits per heavy atom. The lowest BCUT2D eigenvalue weighted by atomic mass is 10.1.